The van der Waals surface area contributed by atoms with Crippen molar-refractivity contribution in [3.8, 4) is 0 Å². The molecule has 19 heavy (non-hydrogen) atoms. The standard InChI is InChI=1S/C10H17NO7S/c1-6(9(14)17-4-3-16-2)18-10(15)11-7(5-19)8(12)13/h6-7,19H,3-5H2,1-2H3,(H,11,15)(H,12,13). The molecule has 9 heteroatoms. The minimum atomic E-state index is -1.25. The van der Waals surface area contributed by atoms with Crippen molar-refractivity contribution >= 4 is 30.7 Å². The number of amides is 1. The highest BCUT2D eigenvalue weighted by molar-refractivity contribution is 7.80. The van der Waals surface area contributed by atoms with E-state index in [0.717, 1.165) is 0 Å². The Bertz CT molecular complexity index is 323. The Morgan fingerprint density at radius 1 is 1.32 bits per heavy atom. The quantitative estimate of drug-likeness (QED) is 0.319. The molecule has 0 aromatic rings. The Kier molecular flexibility index (Phi) is 8.71. The zero-order chi connectivity index (χ0) is 14.8. The molecule has 0 rings (SSSR count). The SMILES string of the molecule is COCCOC(=O)C(C)OC(=O)NC(CS)C(=O)O. The summed E-state index contributed by atoms with van der Waals surface area (Å²) < 4.78 is 14.1. The fourth-order valence-corrected chi connectivity index (χ4v) is 1.16. The lowest BCUT2D eigenvalue weighted by Gasteiger charge is -2.15. The maximum absolute atomic E-state index is 11.3. The zero-order valence-corrected chi connectivity index (χ0v) is 11.5. The molecule has 0 aliphatic heterocycles. The molecule has 0 aliphatic carbocycles. The van der Waals surface area contributed by atoms with E-state index >= 15 is 0 Å². The summed E-state index contributed by atoms with van der Waals surface area (Å²) in [6.45, 7) is 1.58. The third-order valence-corrected chi connectivity index (χ3v) is 2.29. The maximum atomic E-state index is 11.3. The normalized spacial score (nSPS) is 13.2. The van der Waals surface area contributed by atoms with Crippen molar-refractivity contribution in [2.24, 2.45) is 0 Å². The third kappa shape index (κ3) is 7.52. The second-order valence-electron chi connectivity index (χ2n) is 3.43. The van der Waals surface area contributed by atoms with Gasteiger partial charge in [-0.25, -0.2) is 14.4 Å². The first-order valence-electron chi connectivity index (χ1n) is 5.38. The summed E-state index contributed by atoms with van der Waals surface area (Å²) in [5, 5.41) is 10.7. The molecule has 0 aromatic carbocycles. The lowest BCUT2D eigenvalue weighted by atomic mass is 10.3. The van der Waals surface area contributed by atoms with Crippen LogP contribution >= 0.6 is 12.6 Å². The van der Waals surface area contributed by atoms with Crippen LogP contribution in [0.5, 0.6) is 0 Å². The molecule has 0 aromatic heterocycles. The van der Waals surface area contributed by atoms with Crippen molar-refractivity contribution in [3.05, 3.63) is 0 Å². The van der Waals surface area contributed by atoms with Gasteiger partial charge < -0.3 is 24.6 Å². The van der Waals surface area contributed by atoms with E-state index in [-0.39, 0.29) is 19.0 Å². The molecule has 2 N–H and O–H groups in total. The Balaban J connectivity index is 4.10. The number of rotatable bonds is 8. The van der Waals surface area contributed by atoms with E-state index in [1.54, 1.807) is 0 Å². The number of alkyl carbamates (subject to hydrolysis) is 1. The number of carbonyl (C=O) groups excluding carboxylic acids is 2. The summed E-state index contributed by atoms with van der Waals surface area (Å²) in [5.74, 6) is -2.09. The van der Waals surface area contributed by atoms with E-state index in [2.05, 4.69) is 22.1 Å². The average Bonchev–Trinajstić information content (AvgIpc) is 2.35. The number of hydrogen-bond acceptors (Lipinski definition) is 7. The topological polar surface area (TPSA) is 111 Å². The van der Waals surface area contributed by atoms with E-state index in [4.69, 9.17) is 9.84 Å². The van der Waals surface area contributed by atoms with E-state index in [9.17, 15) is 14.4 Å². The molecular formula is C10H17NO7S. The minimum Gasteiger partial charge on any atom is -0.480 e. The summed E-state index contributed by atoms with van der Waals surface area (Å²) in [4.78, 5) is 33.3. The first kappa shape index (κ1) is 17.5. The minimum absolute atomic E-state index is 0.0407. The maximum Gasteiger partial charge on any atom is 0.408 e. The van der Waals surface area contributed by atoms with Gasteiger partial charge in [-0.2, -0.15) is 12.6 Å². The molecular weight excluding hydrogens is 278 g/mol. The Hall–Kier alpha value is -1.48. The first-order chi connectivity index (χ1) is 8.92. The van der Waals surface area contributed by atoms with Crippen molar-refractivity contribution in [2.45, 2.75) is 19.1 Å². The predicted octanol–water partition coefficient (Wildman–Crippen LogP) is -0.326. The fourth-order valence-electron chi connectivity index (χ4n) is 0.913. The van der Waals surface area contributed by atoms with Crippen molar-refractivity contribution in [1.82, 2.24) is 5.32 Å². The molecule has 1 amide bonds. The first-order valence-corrected chi connectivity index (χ1v) is 6.02. The monoisotopic (exact) mass is 295 g/mol. The molecule has 110 valence electrons. The van der Waals surface area contributed by atoms with Crippen LogP contribution in [0.25, 0.3) is 0 Å². The van der Waals surface area contributed by atoms with Crippen molar-refractivity contribution < 1.29 is 33.7 Å². The third-order valence-electron chi connectivity index (χ3n) is 1.92. The molecule has 0 heterocycles. The highest BCUT2D eigenvalue weighted by Gasteiger charge is 2.23. The van der Waals surface area contributed by atoms with Crippen LogP contribution in [0.4, 0.5) is 4.79 Å². The summed E-state index contributed by atoms with van der Waals surface area (Å²) in [5.41, 5.74) is 0. The van der Waals surface area contributed by atoms with Gasteiger partial charge in [0.2, 0.25) is 0 Å². The summed E-state index contributed by atoms with van der Waals surface area (Å²) in [6.07, 6.45) is -2.18. The van der Waals surface area contributed by atoms with Crippen LogP contribution in [0.2, 0.25) is 0 Å². The highest BCUT2D eigenvalue weighted by atomic mass is 32.1. The summed E-state index contributed by atoms with van der Waals surface area (Å²) in [7, 11) is 1.45. The van der Waals surface area contributed by atoms with Gasteiger partial charge in [-0.15, -0.1) is 0 Å². The molecule has 0 fully saturated rings. The van der Waals surface area contributed by atoms with Gasteiger partial charge in [0.15, 0.2) is 6.10 Å². The van der Waals surface area contributed by atoms with Gasteiger partial charge >= 0.3 is 18.0 Å². The summed E-state index contributed by atoms with van der Waals surface area (Å²) in [6, 6.07) is -1.19. The molecule has 0 saturated heterocycles. The van der Waals surface area contributed by atoms with Gasteiger partial charge in [0.25, 0.3) is 0 Å². The smallest absolute Gasteiger partial charge is 0.408 e. The van der Waals surface area contributed by atoms with E-state index < -0.39 is 30.2 Å². The van der Waals surface area contributed by atoms with Crippen LogP contribution in [0.1, 0.15) is 6.92 Å². The van der Waals surface area contributed by atoms with Gasteiger partial charge in [0, 0.05) is 12.9 Å². The molecule has 2 unspecified atom stereocenters. The van der Waals surface area contributed by atoms with Crippen molar-refractivity contribution in [2.75, 3.05) is 26.1 Å². The highest BCUT2D eigenvalue weighted by Crippen LogP contribution is 1.97. The molecule has 0 radical (unpaired) electrons. The van der Waals surface area contributed by atoms with Crippen molar-refractivity contribution in [1.29, 1.82) is 0 Å². The number of nitrogens with one attached hydrogen (secondary N) is 1. The Labute approximate surface area is 115 Å². The van der Waals surface area contributed by atoms with E-state index in [1.807, 2.05) is 5.32 Å². The van der Waals surface area contributed by atoms with Gasteiger partial charge in [0.1, 0.15) is 12.6 Å². The van der Waals surface area contributed by atoms with E-state index in [1.165, 1.54) is 14.0 Å². The number of esters is 1. The fraction of sp³-hybridized carbons (Fsp3) is 0.700. The van der Waals surface area contributed by atoms with Crippen molar-refractivity contribution in [3.63, 3.8) is 0 Å². The number of ether oxygens (including phenoxy) is 3. The lowest BCUT2D eigenvalue weighted by Crippen LogP contribution is -2.44. The van der Waals surface area contributed by atoms with E-state index in [0.29, 0.717) is 0 Å². The van der Waals surface area contributed by atoms with Crippen LogP contribution in [0.3, 0.4) is 0 Å². The number of thiol groups is 1. The van der Waals surface area contributed by atoms with Gasteiger partial charge in [-0.3, -0.25) is 0 Å². The molecule has 0 spiro atoms. The second kappa shape index (κ2) is 9.45. The summed E-state index contributed by atoms with van der Waals surface area (Å²) >= 11 is 3.76. The Morgan fingerprint density at radius 2 is 1.95 bits per heavy atom. The molecule has 2 atom stereocenters. The molecule has 0 saturated carbocycles. The number of carbonyl (C=O) groups is 3. The predicted molar refractivity (Wildman–Crippen MR) is 67.2 cm³/mol. The van der Waals surface area contributed by atoms with Crippen LogP contribution < -0.4 is 5.32 Å². The molecule has 0 aliphatic rings. The number of carboxylic acid groups (broad SMARTS) is 1. The van der Waals surface area contributed by atoms with Gasteiger partial charge in [0.05, 0.1) is 6.61 Å². The van der Waals surface area contributed by atoms with Gasteiger partial charge in [-0.05, 0) is 6.92 Å². The Morgan fingerprint density at radius 3 is 2.42 bits per heavy atom. The van der Waals surface area contributed by atoms with Crippen LogP contribution in [0.15, 0.2) is 0 Å². The average molecular weight is 295 g/mol. The second-order valence-corrected chi connectivity index (χ2v) is 3.79. The molecule has 8 nitrogen and oxygen atoms in total. The lowest BCUT2D eigenvalue weighted by molar-refractivity contribution is -0.153. The zero-order valence-electron chi connectivity index (χ0n) is 10.6. The van der Waals surface area contributed by atoms with Gasteiger partial charge in [-0.1, -0.05) is 0 Å². The van der Waals surface area contributed by atoms with Crippen LogP contribution in [-0.2, 0) is 23.8 Å². The number of methoxy groups -OCH3 is 1. The number of carboxylic acids is 1. The number of hydrogen-bond donors (Lipinski definition) is 3. The molecule has 0 bridgehead atoms. The van der Waals surface area contributed by atoms with Crippen LogP contribution in [0, 0.1) is 0 Å². The number of aliphatic carboxylic acids is 1. The van der Waals surface area contributed by atoms with Crippen LogP contribution in [-0.4, -0.2) is 61.4 Å². The largest absolute Gasteiger partial charge is 0.480 e.